The number of anilines is 1. The van der Waals surface area contributed by atoms with Crippen molar-refractivity contribution < 1.29 is 9.59 Å². The molecule has 1 N–H and O–H groups in total. The Hall–Kier alpha value is -2.61. The molecule has 2 aromatic heterocycles. The van der Waals surface area contributed by atoms with E-state index >= 15 is 0 Å². The number of carbonyl (C=O) groups is 2. The quantitative estimate of drug-likeness (QED) is 0.583. The molecule has 6 nitrogen and oxygen atoms in total. The Labute approximate surface area is 202 Å². The predicted octanol–water partition coefficient (Wildman–Crippen LogP) is 4.47. The third-order valence-electron chi connectivity index (χ3n) is 6.38. The van der Waals surface area contributed by atoms with Gasteiger partial charge in [-0.25, -0.2) is 0 Å². The van der Waals surface area contributed by atoms with Crippen molar-refractivity contribution in [1.82, 2.24) is 14.4 Å². The zero-order valence-corrected chi connectivity index (χ0v) is 20.0. The summed E-state index contributed by atoms with van der Waals surface area (Å²) in [5, 5.41) is 4.44. The van der Waals surface area contributed by atoms with Crippen molar-refractivity contribution in [1.29, 1.82) is 0 Å². The van der Waals surface area contributed by atoms with E-state index < -0.39 is 0 Å². The van der Waals surface area contributed by atoms with Crippen LogP contribution in [-0.4, -0.2) is 58.9 Å². The molecule has 3 aromatic rings. The molecule has 172 valence electrons. The molecule has 1 saturated heterocycles. The minimum atomic E-state index is -0.0929. The van der Waals surface area contributed by atoms with Gasteiger partial charge in [-0.2, -0.15) is 0 Å². The van der Waals surface area contributed by atoms with E-state index in [2.05, 4.69) is 14.8 Å². The average molecular weight is 483 g/mol. The molecule has 1 aliphatic carbocycles. The third-order valence-corrected chi connectivity index (χ3v) is 8.02. The normalized spacial score (nSPS) is 16.5. The third kappa shape index (κ3) is 4.71. The fraction of sp³-hybridized carbons (Fsp3) is 0.360. The van der Waals surface area contributed by atoms with E-state index in [1.807, 2.05) is 41.6 Å². The highest BCUT2D eigenvalue weighted by atomic mass is 35.5. The second kappa shape index (κ2) is 9.71. The Morgan fingerprint density at radius 1 is 0.970 bits per heavy atom. The first kappa shape index (κ1) is 22.2. The van der Waals surface area contributed by atoms with Gasteiger partial charge in [-0.15, -0.1) is 11.3 Å². The molecular weight excluding hydrogens is 456 g/mol. The number of fused-ring (bicyclic) bond motifs is 1. The number of amides is 2. The van der Waals surface area contributed by atoms with E-state index in [1.165, 1.54) is 16.9 Å². The summed E-state index contributed by atoms with van der Waals surface area (Å²) < 4.78 is 2.07. The van der Waals surface area contributed by atoms with Gasteiger partial charge in [0.05, 0.1) is 22.8 Å². The lowest BCUT2D eigenvalue weighted by Crippen LogP contribution is -2.50. The summed E-state index contributed by atoms with van der Waals surface area (Å²) in [4.78, 5) is 31.5. The molecule has 33 heavy (non-hydrogen) atoms. The number of aryl methyl sites for hydroxylation is 1. The monoisotopic (exact) mass is 482 g/mol. The standard InChI is InChI=1S/C25H27ClN4O2S/c26-19-8-2-3-9-20(19)27-22(31)17-28-13-15-29(16-14-28)24(32)23-18-7-1-4-10-21(18)33-25(23)30-11-5-6-12-30/h2-3,5-6,8-9,11-12H,1,4,7,10,13-17H2,(H,27,31). The van der Waals surface area contributed by atoms with Gasteiger partial charge in [0.2, 0.25) is 5.91 Å². The van der Waals surface area contributed by atoms with Crippen LogP contribution in [0.4, 0.5) is 5.69 Å². The largest absolute Gasteiger partial charge is 0.336 e. The summed E-state index contributed by atoms with van der Waals surface area (Å²) in [7, 11) is 0. The minimum absolute atomic E-state index is 0.0929. The van der Waals surface area contributed by atoms with Crippen LogP contribution in [0, 0.1) is 0 Å². The summed E-state index contributed by atoms with van der Waals surface area (Å²) in [6, 6.07) is 11.2. The predicted molar refractivity (Wildman–Crippen MR) is 133 cm³/mol. The molecule has 0 bridgehead atoms. The number of carbonyl (C=O) groups excluding carboxylic acids is 2. The molecule has 8 heteroatoms. The van der Waals surface area contributed by atoms with Gasteiger partial charge >= 0.3 is 0 Å². The first-order valence-corrected chi connectivity index (χ1v) is 12.6. The van der Waals surface area contributed by atoms with Crippen LogP contribution in [0.3, 0.4) is 0 Å². The first-order valence-electron chi connectivity index (χ1n) is 11.4. The molecule has 0 spiro atoms. The average Bonchev–Trinajstić information content (AvgIpc) is 3.48. The van der Waals surface area contributed by atoms with Gasteiger partial charge in [-0.1, -0.05) is 23.7 Å². The zero-order valence-electron chi connectivity index (χ0n) is 18.4. The molecule has 0 saturated carbocycles. The molecule has 1 fully saturated rings. The van der Waals surface area contributed by atoms with Gasteiger partial charge in [0.25, 0.3) is 5.91 Å². The van der Waals surface area contributed by atoms with E-state index in [-0.39, 0.29) is 18.4 Å². The number of thiophene rings is 1. The van der Waals surface area contributed by atoms with Crippen LogP contribution in [0.1, 0.15) is 33.6 Å². The molecule has 3 heterocycles. The Morgan fingerprint density at radius 2 is 1.70 bits per heavy atom. The Bertz CT molecular complexity index is 1150. The fourth-order valence-electron chi connectivity index (χ4n) is 4.65. The first-order chi connectivity index (χ1) is 16.1. The number of rotatable bonds is 5. The van der Waals surface area contributed by atoms with Crippen LogP contribution < -0.4 is 5.32 Å². The van der Waals surface area contributed by atoms with Crippen molar-refractivity contribution in [3.05, 3.63) is 69.8 Å². The van der Waals surface area contributed by atoms with Gasteiger partial charge < -0.3 is 14.8 Å². The number of hydrogen-bond acceptors (Lipinski definition) is 4. The summed E-state index contributed by atoms with van der Waals surface area (Å²) in [6.07, 6.45) is 8.42. The van der Waals surface area contributed by atoms with Crippen LogP contribution in [0.2, 0.25) is 5.02 Å². The Morgan fingerprint density at radius 3 is 2.45 bits per heavy atom. The van der Waals surface area contributed by atoms with Crippen molar-refractivity contribution in [2.24, 2.45) is 0 Å². The smallest absolute Gasteiger partial charge is 0.257 e. The summed E-state index contributed by atoms with van der Waals surface area (Å²) in [6.45, 7) is 2.87. The molecule has 2 amide bonds. The molecular formula is C25H27ClN4O2S. The van der Waals surface area contributed by atoms with Crippen molar-refractivity contribution in [2.45, 2.75) is 25.7 Å². The lowest BCUT2D eigenvalue weighted by Gasteiger charge is -2.34. The van der Waals surface area contributed by atoms with Crippen LogP contribution in [0.15, 0.2) is 48.8 Å². The SMILES string of the molecule is O=C(CN1CCN(C(=O)c2c(-n3cccc3)sc3c2CCCC3)CC1)Nc1ccccc1Cl. The van der Waals surface area contributed by atoms with Crippen molar-refractivity contribution in [3.63, 3.8) is 0 Å². The number of para-hydroxylation sites is 1. The van der Waals surface area contributed by atoms with Gasteiger partial charge in [0, 0.05) is 43.4 Å². The van der Waals surface area contributed by atoms with E-state index in [0.29, 0.717) is 36.9 Å². The summed E-state index contributed by atoms with van der Waals surface area (Å²) in [5.41, 5.74) is 2.76. The van der Waals surface area contributed by atoms with Crippen LogP contribution >= 0.6 is 22.9 Å². The van der Waals surface area contributed by atoms with Crippen molar-refractivity contribution in [3.8, 4) is 5.00 Å². The van der Waals surface area contributed by atoms with E-state index in [4.69, 9.17) is 11.6 Å². The maximum atomic E-state index is 13.7. The number of halogens is 1. The van der Waals surface area contributed by atoms with Crippen molar-refractivity contribution in [2.75, 3.05) is 38.0 Å². The summed E-state index contributed by atoms with van der Waals surface area (Å²) >= 11 is 7.90. The number of piperazine rings is 1. The van der Waals surface area contributed by atoms with Crippen LogP contribution in [0.5, 0.6) is 0 Å². The maximum absolute atomic E-state index is 13.7. The zero-order chi connectivity index (χ0) is 22.8. The second-order valence-electron chi connectivity index (χ2n) is 8.58. The van der Waals surface area contributed by atoms with Crippen LogP contribution in [0.25, 0.3) is 5.00 Å². The van der Waals surface area contributed by atoms with E-state index in [1.54, 1.807) is 23.5 Å². The Balaban J connectivity index is 1.25. The van der Waals surface area contributed by atoms with Gasteiger partial charge in [0.15, 0.2) is 0 Å². The number of nitrogens with zero attached hydrogens (tertiary/aromatic N) is 3. The molecule has 1 aromatic carbocycles. The van der Waals surface area contributed by atoms with E-state index in [0.717, 1.165) is 29.8 Å². The van der Waals surface area contributed by atoms with Crippen LogP contribution in [-0.2, 0) is 17.6 Å². The molecule has 2 aliphatic rings. The molecule has 0 unspecified atom stereocenters. The highest BCUT2D eigenvalue weighted by Crippen LogP contribution is 2.37. The van der Waals surface area contributed by atoms with Gasteiger partial charge in [-0.05, 0) is 55.5 Å². The molecule has 5 rings (SSSR count). The minimum Gasteiger partial charge on any atom is -0.336 e. The Kier molecular flexibility index (Phi) is 6.53. The highest BCUT2D eigenvalue weighted by molar-refractivity contribution is 7.15. The van der Waals surface area contributed by atoms with Gasteiger partial charge in [0.1, 0.15) is 5.00 Å². The molecule has 0 radical (unpaired) electrons. The summed E-state index contributed by atoms with van der Waals surface area (Å²) in [5.74, 6) is 0.0305. The highest BCUT2D eigenvalue weighted by Gasteiger charge is 2.31. The number of aromatic nitrogens is 1. The molecule has 0 atom stereocenters. The van der Waals surface area contributed by atoms with Crippen molar-refractivity contribution >= 4 is 40.4 Å². The maximum Gasteiger partial charge on any atom is 0.257 e. The lowest BCUT2D eigenvalue weighted by atomic mass is 9.95. The fourth-order valence-corrected chi connectivity index (χ4v) is 6.18. The van der Waals surface area contributed by atoms with E-state index in [9.17, 15) is 9.59 Å². The van der Waals surface area contributed by atoms with Gasteiger partial charge in [-0.3, -0.25) is 14.5 Å². The number of hydrogen-bond donors (Lipinski definition) is 1. The lowest BCUT2D eigenvalue weighted by molar-refractivity contribution is -0.117. The number of benzene rings is 1. The second-order valence-corrected chi connectivity index (χ2v) is 10.1. The number of nitrogens with one attached hydrogen (secondary N) is 1. The molecule has 1 aliphatic heterocycles. The topological polar surface area (TPSA) is 57.6 Å².